The van der Waals surface area contributed by atoms with E-state index in [2.05, 4.69) is 10.6 Å². The Hall–Kier alpha value is -2.16. The molecule has 2 amide bonds. The number of amides is 2. The number of carboxylic acid groups (broad SMARTS) is 2. The van der Waals surface area contributed by atoms with Gasteiger partial charge in [0.25, 0.3) is 0 Å². The van der Waals surface area contributed by atoms with Crippen molar-refractivity contribution in [2.45, 2.75) is 45.2 Å². The average Bonchev–Trinajstić information content (AvgIpc) is 2.46. The van der Waals surface area contributed by atoms with E-state index in [1.54, 1.807) is 6.92 Å². The molecule has 126 valence electrons. The lowest BCUT2D eigenvalue weighted by molar-refractivity contribution is -0.138. The second-order valence-electron chi connectivity index (χ2n) is 5.02. The van der Waals surface area contributed by atoms with Gasteiger partial charge in [0, 0.05) is 6.42 Å². The Bertz CT molecular complexity index is 426. The largest absolute Gasteiger partial charge is 0.481 e. The highest BCUT2D eigenvalue weighted by atomic mass is 16.4. The minimum absolute atomic E-state index is 0.0505. The summed E-state index contributed by atoms with van der Waals surface area (Å²) in [5.74, 6) is -3.75. The first-order valence-electron chi connectivity index (χ1n) is 6.96. The van der Waals surface area contributed by atoms with Crippen molar-refractivity contribution in [3.63, 3.8) is 0 Å². The van der Waals surface area contributed by atoms with Crippen LogP contribution in [0.5, 0.6) is 0 Å². The van der Waals surface area contributed by atoms with E-state index < -0.39 is 42.4 Å². The average molecular weight is 317 g/mol. The minimum atomic E-state index is -1.19. The molecule has 0 spiro atoms. The number of hydrogen-bond donors (Lipinski definition) is 5. The van der Waals surface area contributed by atoms with E-state index in [9.17, 15) is 19.2 Å². The van der Waals surface area contributed by atoms with Gasteiger partial charge in [0.2, 0.25) is 11.8 Å². The summed E-state index contributed by atoms with van der Waals surface area (Å²) in [7, 11) is 0. The van der Waals surface area contributed by atoms with Crippen molar-refractivity contribution in [3.8, 4) is 0 Å². The van der Waals surface area contributed by atoms with Crippen LogP contribution in [-0.2, 0) is 19.2 Å². The fourth-order valence-corrected chi connectivity index (χ4v) is 1.64. The first-order valence-corrected chi connectivity index (χ1v) is 6.96. The van der Waals surface area contributed by atoms with Crippen LogP contribution in [0.1, 0.15) is 33.1 Å². The Kier molecular flexibility index (Phi) is 8.76. The molecule has 0 aromatic carbocycles. The van der Waals surface area contributed by atoms with Gasteiger partial charge in [-0.2, -0.15) is 0 Å². The maximum absolute atomic E-state index is 11.9. The summed E-state index contributed by atoms with van der Waals surface area (Å²) in [6, 6.07) is -1.97. The maximum atomic E-state index is 11.9. The third-order valence-corrected chi connectivity index (χ3v) is 3.21. The van der Waals surface area contributed by atoms with Crippen molar-refractivity contribution in [3.05, 3.63) is 0 Å². The van der Waals surface area contributed by atoms with Crippen molar-refractivity contribution < 1.29 is 29.4 Å². The van der Waals surface area contributed by atoms with Gasteiger partial charge in [-0.3, -0.25) is 19.2 Å². The van der Waals surface area contributed by atoms with Gasteiger partial charge < -0.3 is 26.6 Å². The van der Waals surface area contributed by atoms with Crippen LogP contribution in [0.2, 0.25) is 0 Å². The number of carboxylic acids is 2. The lowest BCUT2D eigenvalue weighted by Gasteiger charge is -2.24. The van der Waals surface area contributed by atoms with Gasteiger partial charge in [0.05, 0.1) is 6.04 Å². The van der Waals surface area contributed by atoms with Crippen molar-refractivity contribution >= 4 is 23.8 Å². The van der Waals surface area contributed by atoms with Crippen LogP contribution in [0.3, 0.4) is 0 Å². The molecule has 0 saturated carbocycles. The van der Waals surface area contributed by atoms with Crippen LogP contribution in [0.25, 0.3) is 0 Å². The molecule has 0 aliphatic rings. The quantitative estimate of drug-likeness (QED) is 0.342. The van der Waals surface area contributed by atoms with Crippen molar-refractivity contribution in [1.29, 1.82) is 0 Å². The highest BCUT2D eigenvalue weighted by molar-refractivity contribution is 5.91. The fourth-order valence-electron chi connectivity index (χ4n) is 1.64. The first-order chi connectivity index (χ1) is 10.2. The van der Waals surface area contributed by atoms with Gasteiger partial charge in [-0.05, 0) is 12.3 Å². The molecule has 0 bridgehead atoms. The molecule has 9 nitrogen and oxygen atoms in total. The third-order valence-electron chi connectivity index (χ3n) is 3.21. The summed E-state index contributed by atoms with van der Waals surface area (Å²) in [4.78, 5) is 44.8. The second-order valence-corrected chi connectivity index (χ2v) is 5.02. The second kappa shape index (κ2) is 9.72. The molecule has 0 rings (SSSR count). The lowest BCUT2D eigenvalue weighted by Crippen LogP contribution is -2.54. The van der Waals surface area contributed by atoms with Gasteiger partial charge in [0.15, 0.2) is 0 Å². The molecular weight excluding hydrogens is 294 g/mol. The molecule has 9 heteroatoms. The first kappa shape index (κ1) is 19.8. The summed E-state index contributed by atoms with van der Waals surface area (Å²) in [6.07, 6.45) is 0.273. The molecule has 0 heterocycles. The number of nitrogens with two attached hydrogens (primary N) is 1. The zero-order chi connectivity index (χ0) is 17.3. The van der Waals surface area contributed by atoms with Crippen LogP contribution >= 0.6 is 0 Å². The molecule has 0 aromatic heterocycles. The number of hydrogen-bond acceptors (Lipinski definition) is 5. The molecule has 0 aliphatic heterocycles. The fraction of sp³-hybridized carbons (Fsp3) is 0.692. The Labute approximate surface area is 128 Å². The molecule has 6 N–H and O–H groups in total. The molecule has 0 aromatic rings. The zero-order valence-electron chi connectivity index (χ0n) is 12.7. The topological polar surface area (TPSA) is 159 Å². The van der Waals surface area contributed by atoms with Gasteiger partial charge in [-0.15, -0.1) is 0 Å². The third kappa shape index (κ3) is 7.58. The van der Waals surface area contributed by atoms with Crippen molar-refractivity contribution in [1.82, 2.24) is 10.6 Å². The summed E-state index contributed by atoms with van der Waals surface area (Å²) >= 11 is 0. The smallest absolute Gasteiger partial charge is 0.322 e. The van der Waals surface area contributed by atoms with Crippen molar-refractivity contribution in [2.24, 2.45) is 11.7 Å². The molecular formula is C13H23N3O6. The number of aliphatic carboxylic acids is 2. The highest BCUT2D eigenvalue weighted by Gasteiger charge is 2.28. The van der Waals surface area contributed by atoms with E-state index in [1.165, 1.54) is 0 Å². The Balaban J connectivity index is 4.70. The summed E-state index contributed by atoms with van der Waals surface area (Å²) in [5.41, 5.74) is 5.58. The van der Waals surface area contributed by atoms with E-state index in [1.807, 2.05) is 6.92 Å². The van der Waals surface area contributed by atoms with E-state index >= 15 is 0 Å². The van der Waals surface area contributed by atoms with Crippen molar-refractivity contribution in [2.75, 3.05) is 6.54 Å². The van der Waals surface area contributed by atoms with Crippen LogP contribution in [0.15, 0.2) is 0 Å². The summed E-state index contributed by atoms with van der Waals surface area (Å²) in [6.45, 7) is 3.00. The Morgan fingerprint density at radius 1 is 1.09 bits per heavy atom. The molecule has 22 heavy (non-hydrogen) atoms. The minimum Gasteiger partial charge on any atom is -0.481 e. The number of nitrogens with one attached hydrogen (secondary N) is 2. The van der Waals surface area contributed by atoms with Crippen LogP contribution in [0.4, 0.5) is 0 Å². The zero-order valence-corrected chi connectivity index (χ0v) is 12.7. The lowest BCUT2D eigenvalue weighted by atomic mass is 9.97. The van der Waals surface area contributed by atoms with Gasteiger partial charge in [-0.1, -0.05) is 20.3 Å². The van der Waals surface area contributed by atoms with Gasteiger partial charge in [-0.25, -0.2) is 0 Å². The van der Waals surface area contributed by atoms with E-state index in [-0.39, 0.29) is 18.8 Å². The summed E-state index contributed by atoms with van der Waals surface area (Å²) in [5, 5.41) is 21.8. The highest BCUT2D eigenvalue weighted by Crippen LogP contribution is 2.08. The van der Waals surface area contributed by atoms with Crippen LogP contribution in [-0.4, -0.2) is 52.6 Å². The standard InChI is InChI=1S/C13H23N3O6/c1-3-7(2)11(13(22)15-6-10(19)20)16-12(21)8(14)4-5-9(17)18/h7-8,11H,3-6,14H2,1-2H3,(H,15,22)(H,16,21)(H,17,18)(H,19,20). The summed E-state index contributed by atoms with van der Waals surface area (Å²) < 4.78 is 0. The maximum Gasteiger partial charge on any atom is 0.322 e. The number of carbonyl (C=O) groups is 4. The van der Waals surface area contributed by atoms with Gasteiger partial charge >= 0.3 is 11.9 Å². The van der Waals surface area contributed by atoms with E-state index in [0.29, 0.717) is 6.42 Å². The Morgan fingerprint density at radius 3 is 2.14 bits per heavy atom. The predicted molar refractivity (Wildman–Crippen MR) is 76.9 cm³/mol. The van der Waals surface area contributed by atoms with E-state index in [0.717, 1.165) is 0 Å². The molecule has 3 atom stereocenters. The molecule has 0 fully saturated rings. The monoisotopic (exact) mass is 317 g/mol. The van der Waals surface area contributed by atoms with Gasteiger partial charge in [0.1, 0.15) is 12.6 Å². The molecule has 0 aliphatic carbocycles. The molecule has 3 unspecified atom stereocenters. The van der Waals surface area contributed by atoms with E-state index in [4.69, 9.17) is 15.9 Å². The SMILES string of the molecule is CCC(C)C(NC(=O)C(N)CCC(=O)O)C(=O)NCC(=O)O. The number of rotatable bonds is 10. The predicted octanol–water partition coefficient (Wildman–Crippen LogP) is -1.09. The normalized spacial score (nSPS) is 14.5. The Morgan fingerprint density at radius 2 is 1.68 bits per heavy atom. The number of carbonyl (C=O) groups excluding carboxylic acids is 2. The van der Waals surface area contributed by atoms with Crippen LogP contribution < -0.4 is 16.4 Å². The molecule has 0 saturated heterocycles. The molecule has 0 radical (unpaired) electrons. The van der Waals surface area contributed by atoms with Crippen LogP contribution in [0, 0.1) is 5.92 Å².